The molecule has 0 radical (unpaired) electrons. The van der Waals surface area contributed by atoms with Gasteiger partial charge in [-0.3, -0.25) is 4.90 Å². The number of rotatable bonds is 3. The summed E-state index contributed by atoms with van der Waals surface area (Å²) in [6, 6.07) is 2.55. The highest BCUT2D eigenvalue weighted by Crippen LogP contribution is 2.34. The Hall–Kier alpha value is -0.550. The highest BCUT2D eigenvalue weighted by Gasteiger charge is 2.34. The first-order valence-corrected chi connectivity index (χ1v) is 6.23. The SMILES string of the molecule is CCCC1CCCC(C#N)(N(C)C)CC1. The first kappa shape index (κ1) is 12.5. The van der Waals surface area contributed by atoms with Gasteiger partial charge in [0.15, 0.2) is 0 Å². The second-order valence-electron chi connectivity index (χ2n) is 5.12. The fourth-order valence-electron chi connectivity index (χ4n) is 2.75. The van der Waals surface area contributed by atoms with E-state index in [1.54, 1.807) is 0 Å². The van der Waals surface area contributed by atoms with E-state index in [1.807, 2.05) is 14.1 Å². The monoisotopic (exact) mass is 208 g/mol. The summed E-state index contributed by atoms with van der Waals surface area (Å²) in [5, 5.41) is 9.36. The van der Waals surface area contributed by atoms with Crippen LogP contribution in [0.4, 0.5) is 0 Å². The van der Waals surface area contributed by atoms with Crippen LogP contribution in [-0.4, -0.2) is 24.5 Å². The fourth-order valence-corrected chi connectivity index (χ4v) is 2.75. The minimum atomic E-state index is -0.178. The second kappa shape index (κ2) is 5.51. The summed E-state index contributed by atoms with van der Waals surface area (Å²) in [4.78, 5) is 2.13. The Morgan fingerprint density at radius 1 is 1.33 bits per heavy atom. The lowest BCUT2D eigenvalue weighted by atomic mass is 9.89. The molecule has 2 nitrogen and oxygen atoms in total. The molecule has 0 aromatic rings. The van der Waals surface area contributed by atoms with Gasteiger partial charge >= 0.3 is 0 Å². The maximum atomic E-state index is 9.36. The zero-order valence-electron chi connectivity index (χ0n) is 10.4. The second-order valence-corrected chi connectivity index (χ2v) is 5.12. The lowest BCUT2D eigenvalue weighted by Crippen LogP contribution is -2.42. The molecule has 1 fully saturated rings. The van der Waals surface area contributed by atoms with E-state index in [4.69, 9.17) is 0 Å². The summed E-state index contributed by atoms with van der Waals surface area (Å²) < 4.78 is 0. The first-order chi connectivity index (χ1) is 7.14. The first-order valence-electron chi connectivity index (χ1n) is 6.23. The molecule has 2 unspecified atom stereocenters. The maximum absolute atomic E-state index is 9.36. The zero-order chi connectivity index (χ0) is 11.3. The van der Waals surface area contributed by atoms with Crippen molar-refractivity contribution in [2.75, 3.05) is 14.1 Å². The van der Waals surface area contributed by atoms with Gasteiger partial charge in [-0.1, -0.05) is 32.6 Å². The van der Waals surface area contributed by atoms with Crippen molar-refractivity contribution >= 4 is 0 Å². The van der Waals surface area contributed by atoms with Gasteiger partial charge in [-0.05, 0) is 39.3 Å². The van der Waals surface area contributed by atoms with Gasteiger partial charge in [-0.15, -0.1) is 0 Å². The molecule has 0 bridgehead atoms. The summed E-state index contributed by atoms with van der Waals surface area (Å²) in [6.07, 6.45) is 8.51. The molecule has 1 saturated carbocycles. The highest BCUT2D eigenvalue weighted by molar-refractivity contribution is 5.07. The van der Waals surface area contributed by atoms with E-state index in [0.29, 0.717) is 0 Å². The minimum absolute atomic E-state index is 0.178. The third-order valence-electron chi connectivity index (χ3n) is 3.93. The van der Waals surface area contributed by atoms with Crippen LogP contribution in [0.5, 0.6) is 0 Å². The van der Waals surface area contributed by atoms with Crippen LogP contribution in [0.25, 0.3) is 0 Å². The van der Waals surface area contributed by atoms with Crippen molar-refractivity contribution in [3.8, 4) is 6.07 Å². The average Bonchev–Trinajstić information content (AvgIpc) is 2.42. The normalized spacial score (nSPS) is 32.3. The molecule has 0 aromatic heterocycles. The van der Waals surface area contributed by atoms with Gasteiger partial charge < -0.3 is 0 Å². The van der Waals surface area contributed by atoms with Crippen molar-refractivity contribution in [3.63, 3.8) is 0 Å². The van der Waals surface area contributed by atoms with Crippen LogP contribution in [0.1, 0.15) is 51.9 Å². The van der Waals surface area contributed by atoms with E-state index in [9.17, 15) is 5.26 Å². The van der Waals surface area contributed by atoms with Crippen molar-refractivity contribution in [1.82, 2.24) is 4.90 Å². The predicted molar refractivity (Wildman–Crippen MR) is 63.5 cm³/mol. The maximum Gasteiger partial charge on any atom is 0.108 e. The van der Waals surface area contributed by atoms with Gasteiger partial charge in [0.05, 0.1) is 6.07 Å². The van der Waals surface area contributed by atoms with Crippen molar-refractivity contribution < 1.29 is 0 Å². The van der Waals surface area contributed by atoms with Crippen LogP contribution in [0.2, 0.25) is 0 Å². The lowest BCUT2D eigenvalue weighted by Gasteiger charge is -2.32. The number of hydrogen-bond donors (Lipinski definition) is 0. The van der Waals surface area contributed by atoms with Gasteiger partial charge in [-0.25, -0.2) is 0 Å². The Morgan fingerprint density at radius 2 is 2.07 bits per heavy atom. The van der Waals surface area contributed by atoms with Crippen LogP contribution >= 0.6 is 0 Å². The van der Waals surface area contributed by atoms with Crippen molar-refractivity contribution in [2.24, 2.45) is 5.92 Å². The molecule has 0 heterocycles. The van der Waals surface area contributed by atoms with Crippen LogP contribution in [0, 0.1) is 17.2 Å². The molecule has 0 spiro atoms. The van der Waals surface area contributed by atoms with Gasteiger partial charge in [0, 0.05) is 0 Å². The lowest BCUT2D eigenvalue weighted by molar-refractivity contribution is 0.189. The molecule has 1 rings (SSSR count). The quantitative estimate of drug-likeness (QED) is 0.666. The van der Waals surface area contributed by atoms with Crippen molar-refractivity contribution in [1.29, 1.82) is 5.26 Å². The number of nitrogens with zero attached hydrogens (tertiary/aromatic N) is 2. The van der Waals surface area contributed by atoms with E-state index in [1.165, 1.54) is 32.1 Å². The van der Waals surface area contributed by atoms with Crippen LogP contribution in [-0.2, 0) is 0 Å². The van der Waals surface area contributed by atoms with E-state index < -0.39 is 0 Å². The Morgan fingerprint density at radius 3 is 2.60 bits per heavy atom. The number of hydrogen-bond acceptors (Lipinski definition) is 2. The zero-order valence-corrected chi connectivity index (χ0v) is 10.4. The summed E-state index contributed by atoms with van der Waals surface area (Å²) in [5.41, 5.74) is -0.178. The summed E-state index contributed by atoms with van der Waals surface area (Å²) in [6.45, 7) is 2.26. The molecular formula is C13H24N2. The molecule has 0 N–H and O–H groups in total. The molecule has 2 atom stereocenters. The van der Waals surface area contributed by atoms with Gasteiger partial charge in [0.25, 0.3) is 0 Å². The summed E-state index contributed by atoms with van der Waals surface area (Å²) >= 11 is 0. The van der Waals surface area contributed by atoms with E-state index in [-0.39, 0.29) is 5.54 Å². The van der Waals surface area contributed by atoms with Crippen LogP contribution < -0.4 is 0 Å². The largest absolute Gasteiger partial charge is 0.292 e. The van der Waals surface area contributed by atoms with Crippen LogP contribution in [0.15, 0.2) is 0 Å². The Balaban J connectivity index is 2.62. The summed E-state index contributed by atoms with van der Waals surface area (Å²) in [7, 11) is 4.09. The third-order valence-corrected chi connectivity index (χ3v) is 3.93. The molecule has 1 aliphatic rings. The average molecular weight is 208 g/mol. The van der Waals surface area contributed by atoms with E-state index in [2.05, 4.69) is 17.9 Å². The molecule has 86 valence electrons. The highest BCUT2D eigenvalue weighted by atomic mass is 15.1. The molecule has 15 heavy (non-hydrogen) atoms. The molecular weight excluding hydrogens is 184 g/mol. The standard InChI is InChI=1S/C13H24N2/c1-4-6-12-7-5-9-13(11-14,10-8-12)15(2)3/h12H,4-10H2,1-3H3. The third kappa shape index (κ3) is 2.95. The Kier molecular flexibility index (Phi) is 4.60. The van der Waals surface area contributed by atoms with Crippen LogP contribution in [0.3, 0.4) is 0 Å². The topological polar surface area (TPSA) is 27.0 Å². The smallest absolute Gasteiger partial charge is 0.108 e. The molecule has 0 amide bonds. The molecule has 0 saturated heterocycles. The predicted octanol–water partition coefficient (Wildman–Crippen LogP) is 3.19. The van der Waals surface area contributed by atoms with Crippen molar-refractivity contribution in [3.05, 3.63) is 0 Å². The van der Waals surface area contributed by atoms with Gasteiger partial charge in [-0.2, -0.15) is 5.26 Å². The molecule has 0 aromatic carbocycles. The molecule has 0 aliphatic heterocycles. The minimum Gasteiger partial charge on any atom is -0.292 e. The van der Waals surface area contributed by atoms with E-state index >= 15 is 0 Å². The Labute approximate surface area is 94.3 Å². The van der Waals surface area contributed by atoms with Crippen molar-refractivity contribution in [2.45, 2.75) is 57.4 Å². The summed E-state index contributed by atoms with van der Waals surface area (Å²) in [5.74, 6) is 0.866. The van der Waals surface area contributed by atoms with E-state index in [0.717, 1.165) is 18.8 Å². The molecule has 1 aliphatic carbocycles. The van der Waals surface area contributed by atoms with Gasteiger partial charge in [0.1, 0.15) is 5.54 Å². The fraction of sp³-hybridized carbons (Fsp3) is 0.923. The molecule has 2 heteroatoms. The van der Waals surface area contributed by atoms with Gasteiger partial charge in [0.2, 0.25) is 0 Å². The Bertz CT molecular complexity index is 229. The number of nitriles is 1.